The summed E-state index contributed by atoms with van der Waals surface area (Å²) in [6.07, 6.45) is 1.77. The predicted octanol–water partition coefficient (Wildman–Crippen LogP) is 4.68. The highest BCUT2D eigenvalue weighted by Crippen LogP contribution is 2.29. The van der Waals surface area contributed by atoms with Crippen molar-refractivity contribution < 1.29 is 0 Å². The van der Waals surface area contributed by atoms with Crippen molar-refractivity contribution in [3.63, 3.8) is 0 Å². The Morgan fingerprint density at radius 1 is 0.519 bits per heavy atom. The molecule has 4 N–H and O–H groups in total. The molecular weight excluding hydrogens is 328 g/mol. The van der Waals surface area contributed by atoms with Crippen LogP contribution in [-0.4, -0.2) is 13.1 Å². The van der Waals surface area contributed by atoms with E-state index in [4.69, 9.17) is 11.5 Å². The normalized spacial score (nSPS) is 11.9. The van der Waals surface area contributed by atoms with Crippen LogP contribution in [0, 0.1) is 5.41 Å². The molecule has 2 heteroatoms. The lowest BCUT2D eigenvalue weighted by Crippen LogP contribution is -2.41. The molecule has 0 amide bonds. The first-order chi connectivity index (χ1) is 13.2. The third-order valence-electron chi connectivity index (χ3n) is 5.65. The van der Waals surface area contributed by atoms with Crippen molar-refractivity contribution in [3.8, 4) is 0 Å². The SMILES string of the molecule is NCC(CN)(Cc1ccc2ccccc2c1)Cc1ccc2ccccc2c1. The zero-order chi connectivity index (χ0) is 18.7. The molecule has 0 atom stereocenters. The third kappa shape index (κ3) is 3.73. The van der Waals surface area contributed by atoms with Gasteiger partial charge in [0, 0.05) is 5.41 Å². The summed E-state index contributed by atoms with van der Waals surface area (Å²) >= 11 is 0. The van der Waals surface area contributed by atoms with Gasteiger partial charge in [0.2, 0.25) is 0 Å². The van der Waals surface area contributed by atoms with Crippen LogP contribution in [-0.2, 0) is 12.8 Å². The van der Waals surface area contributed by atoms with Gasteiger partial charge in [-0.15, -0.1) is 0 Å². The Kier molecular flexibility index (Phi) is 4.93. The first-order valence-electron chi connectivity index (χ1n) is 9.57. The molecule has 0 aromatic heterocycles. The highest BCUT2D eigenvalue weighted by atomic mass is 14.7. The zero-order valence-corrected chi connectivity index (χ0v) is 15.6. The molecule has 4 rings (SSSR count). The van der Waals surface area contributed by atoms with E-state index in [1.807, 2.05) is 0 Å². The summed E-state index contributed by atoms with van der Waals surface area (Å²) in [4.78, 5) is 0. The molecule has 0 aliphatic rings. The first-order valence-corrected chi connectivity index (χ1v) is 9.57. The monoisotopic (exact) mass is 354 g/mol. The molecule has 0 fully saturated rings. The number of hydrogen-bond acceptors (Lipinski definition) is 2. The molecule has 4 aromatic rings. The lowest BCUT2D eigenvalue weighted by atomic mass is 9.76. The Bertz CT molecular complexity index is 981. The van der Waals surface area contributed by atoms with E-state index < -0.39 is 0 Å². The Balaban J connectivity index is 1.64. The van der Waals surface area contributed by atoms with Crippen LogP contribution in [0.25, 0.3) is 21.5 Å². The van der Waals surface area contributed by atoms with Gasteiger partial charge in [-0.25, -0.2) is 0 Å². The van der Waals surface area contributed by atoms with Crippen LogP contribution >= 0.6 is 0 Å². The van der Waals surface area contributed by atoms with Gasteiger partial charge in [-0.05, 0) is 58.6 Å². The second-order valence-electron chi connectivity index (χ2n) is 7.62. The standard InChI is InChI=1S/C25H26N2/c26-17-25(18-27,15-19-9-11-21-5-1-3-7-23(21)13-19)16-20-10-12-22-6-2-4-8-24(22)14-20/h1-14H,15-18,26-27H2. The van der Waals surface area contributed by atoms with E-state index in [1.54, 1.807) is 0 Å². The predicted molar refractivity (Wildman–Crippen MR) is 116 cm³/mol. The van der Waals surface area contributed by atoms with E-state index in [9.17, 15) is 0 Å². The van der Waals surface area contributed by atoms with Crippen LogP contribution in [0.2, 0.25) is 0 Å². The molecule has 0 radical (unpaired) electrons. The highest BCUT2D eigenvalue weighted by Gasteiger charge is 2.28. The summed E-state index contributed by atoms with van der Waals surface area (Å²) in [7, 11) is 0. The summed E-state index contributed by atoms with van der Waals surface area (Å²) in [5, 5.41) is 5.07. The third-order valence-corrected chi connectivity index (χ3v) is 5.65. The minimum absolute atomic E-state index is 0.134. The molecule has 0 heterocycles. The van der Waals surface area contributed by atoms with Crippen molar-refractivity contribution in [2.24, 2.45) is 16.9 Å². The van der Waals surface area contributed by atoms with Crippen molar-refractivity contribution in [3.05, 3.63) is 96.1 Å². The summed E-state index contributed by atoms with van der Waals surface area (Å²) in [5.74, 6) is 0. The minimum Gasteiger partial charge on any atom is -0.330 e. The number of fused-ring (bicyclic) bond motifs is 2. The molecule has 2 nitrogen and oxygen atoms in total. The van der Waals surface area contributed by atoms with E-state index in [0.29, 0.717) is 13.1 Å². The van der Waals surface area contributed by atoms with E-state index in [0.717, 1.165) is 12.8 Å². The fraction of sp³-hybridized carbons (Fsp3) is 0.200. The summed E-state index contributed by atoms with van der Waals surface area (Å²) in [6.45, 7) is 1.15. The molecule has 0 saturated heterocycles. The fourth-order valence-corrected chi connectivity index (χ4v) is 4.00. The fourth-order valence-electron chi connectivity index (χ4n) is 4.00. The van der Waals surface area contributed by atoms with Gasteiger partial charge < -0.3 is 11.5 Å². The Morgan fingerprint density at radius 2 is 0.926 bits per heavy atom. The van der Waals surface area contributed by atoms with Gasteiger partial charge in [0.1, 0.15) is 0 Å². The van der Waals surface area contributed by atoms with Gasteiger partial charge in [-0.1, -0.05) is 84.9 Å². The lowest BCUT2D eigenvalue weighted by Gasteiger charge is -2.32. The molecule has 0 spiro atoms. The van der Waals surface area contributed by atoms with Crippen LogP contribution < -0.4 is 11.5 Å². The maximum absolute atomic E-state index is 6.26. The van der Waals surface area contributed by atoms with Crippen LogP contribution in [0.4, 0.5) is 0 Å². The second kappa shape index (κ2) is 7.51. The van der Waals surface area contributed by atoms with Crippen molar-refractivity contribution in [1.82, 2.24) is 0 Å². The molecule has 0 unspecified atom stereocenters. The van der Waals surface area contributed by atoms with Gasteiger partial charge in [0.15, 0.2) is 0 Å². The van der Waals surface area contributed by atoms with E-state index in [1.165, 1.54) is 32.7 Å². The molecule has 0 saturated carbocycles. The topological polar surface area (TPSA) is 52.0 Å². The van der Waals surface area contributed by atoms with Crippen LogP contribution in [0.15, 0.2) is 84.9 Å². The second-order valence-corrected chi connectivity index (χ2v) is 7.62. The van der Waals surface area contributed by atoms with Crippen LogP contribution in [0.1, 0.15) is 11.1 Å². The molecule has 136 valence electrons. The van der Waals surface area contributed by atoms with E-state index in [2.05, 4.69) is 84.9 Å². The maximum atomic E-state index is 6.26. The van der Waals surface area contributed by atoms with E-state index >= 15 is 0 Å². The van der Waals surface area contributed by atoms with Crippen LogP contribution in [0.3, 0.4) is 0 Å². The van der Waals surface area contributed by atoms with Gasteiger partial charge in [-0.3, -0.25) is 0 Å². The minimum atomic E-state index is -0.134. The van der Waals surface area contributed by atoms with Crippen molar-refractivity contribution >= 4 is 21.5 Å². The maximum Gasteiger partial charge on any atom is 0.00287 e. The average Bonchev–Trinajstić information content (AvgIpc) is 2.73. The molecule has 0 bridgehead atoms. The Morgan fingerprint density at radius 3 is 1.33 bits per heavy atom. The number of nitrogens with two attached hydrogens (primary N) is 2. The van der Waals surface area contributed by atoms with Crippen LogP contribution in [0.5, 0.6) is 0 Å². The first kappa shape index (κ1) is 17.7. The Hall–Kier alpha value is -2.68. The molecule has 0 aliphatic carbocycles. The number of benzene rings is 4. The van der Waals surface area contributed by atoms with Gasteiger partial charge in [-0.2, -0.15) is 0 Å². The largest absolute Gasteiger partial charge is 0.330 e. The molecular formula is C25H26N2. The van der Waals surface area contributed by atoms with Crippen molar-refractivity contribution in [1.29, 1.82) is 0 Å². The van der Waals surface area contributed by atoms with Gasteiger partial charge >= 0.3 is 0 Å². The summed E-state index contributed by atoms with van der Waals surface area (Å²) < 4.78 is 0. The summed E-state index contributed by atoms with van der Waals surface area (Å²) in [5.41, 5.74) is 15.0. The molecule has 4 aromatic carbocycles. The highest BCUT2D eigenvalue weighted by molar-refractivity contribution is 5.83. The zero-order valence-electron chi connectivity index (χ0n) is 15.6. The van der Waals surface area contributed by atoms with Gasteiger partial charge in [0.05, 0.1) is 0 Å². The smallest absolute Gasteiger partial charge is 0.00287 e. The quantitative estimate of drug-likeness (QED) is 0.528. The van der Waals surface area contributed by atoms with E-state index in [-0.39, 0.29) is 5.41 Å². The average molecular weight is 354 g/mol. The van der Waals surface area contributed by atoms with Crippen molar-refractivity contribution in [2.45, 2.75) is 12.8 Å². The Labute approximate surface area is 160 Å². The summed E-state index contributed by atoms with van der Waals surface area (Å²) in [6, 6.07) is 30.3. The van der Waals surface area contributed by atoms with Crippen molar-refractivity contribution in [2.75, 3.05) is 13.1 Å². The number of rotatable bonds is 6. The number of hydrogen-bond donors (Lipinski definition) is 2. The lowest BCUT2D eigenvalue weighted by molar-refractivity contribution is 0.304. The molecule has 27 heavy (non-hydrogen) atoms. The molecule has 0 aliphatic heterocycles. The van der Waals surface area contributed by atoms with Gasteiger partial charge in [0.25, 0.3) is 0 Å².